The molecule has 138 valence electrons. The van der Waals surface area contributed by atoms with Crippen molar-refractivity contribution in [3.8, 4) is 0 Å². The summed E-state index contributed by atoms with van der Waals surface area (Å²) in [5.74, 6) is -0.327. The zero-order valence-electron chi connectivity index (χ0n) is 14.5. The van der Waals surface area contributed by atoms with Crippen molar-refractivity contribution in [2.75, 3.05) is 11.9 Å². The standard InChI is InChI=1S/C19H19Cl2NO3S/c1-10-3-6-14-12(7-10)8-15(26-14)19(24)25-9-16(23)22-18-13(20)5-4-11(2)17(18)21/h4-5,8,10H,3,6-7,9H2,1-2H3,(H,22,23). The van der Waals surface area contributed by atoms with Crippen molar-refractivity contribution in [3.63, 3.8) is 0 Å². The van der Waals surface area contributed by atoms with Crippen molar-refractivity contribution < 1.29 is 14.3 Å². The highest BCUT2D eigenvalue weighted by atomic mass is 35.5. The van der Waals surface area contributed by atoms with E-state index in [2.05, 4.69) is 12.2 Å². The van der Waals surface area contributed by atoms with Gasteiger partial charge in [0.05, 0.1) is 15.7 Å². The predicted octanol–water partition coefficient (Wildman–Crippen LogP) is 5.28. The molecule has 0 spiro atoms. The molecule has 1 unspecified atom stereocenters. The van der Waals surface area contributed by atoms with Crippen LogP contribution in [0, 0.1) is 12.8 Å². The molecule has 1 aliphatic carbocycles. The van der Waals surface area contributed by atoms with Crippen LogP contribution in [0.25, 0.3) is 0 Å². The van der Waals surface area contributed by atoms with Gasteiger partial charge >= 0.3 is 5.97 Å². The lowest BCUT2D eigenvalue weighted by Crippen LogP contribution is -2.21. The first-order valence-electron chi connectivity index (χ1n) is 8.38. The molecule has 0 saturated heterocycles. The third-order valence-electron chi connectivity index (χ3n) is 4.41. The van der Waals surface area contributed by atoms with Crippen LogP contribution in [-0.4, -0.2) is 18.5 Å². The summed E-state index contributed by atoms with van der Waals surface area (Å²) in [5.41, 5.74) is 2.35. The molecule has 4 nitrogen and oxygen atoms in total. The van der Waals surface area contributed by atoms with E-state index in [1.54, 1.807) is 12.1 Å². The van der Waals surface area contributed by atoms with Crippen LogP contribution in [0.1, 0.15) is 39.0 Å². The van der Waals surface area contributed by atoms with Gasteiger partial charge < -0.3 is 10.1 Å². The lowest BCUT2D eigenvalue weighted by Gasteiger charge is -2.16. The first-order valence-corrected chi connectivity index (χ1v) is 9.95. The summed E-state index contributed by atoms with van der Waals surface area (Å²) < 4.78 is 5.15. The highest BCUT2D eigenvalue weighted by Gasteiger charge is 2.22. The van der Waals surface area contributed by atoms with Gasteiger partial charge in [0.2, 0.25) is 0 Å². The van der Waals surface area contributed by atoms with Crippen molar-refractivity contribution in [1.82, 2.24) is 0 Å². The molecule has 2 aromatic rings. The van der Waals surface area contributed by atoms with Gasteiger partial charge in [-0.2, -0.15) is 0 Å². The van der Waals surface area contributed by atoms with Crippen LogP contribution in [0.5, 0.6) is 0 Å². The average molecular weight is 412 g/mol. The van der Waals surface area contributed by atoms with E-state index in [1.165, 1.54) is 21.8 Å². The number of carbonyl (C=O) groups excluding carboxylic acids is 2. The zero-order chi connectivity index (χ0) is 18.8. The number of benzene rings is 1. The Balaban J connectivity index is 1.60. The maximum absolute atomic E-state index is 12.2. The molecule has 1 atom stereocenters. The van der Waals surface area contributed by atoms with E-state index in [1.807, 2.05) is 13.0 Å². The number of halogens is 2. The largest absolute Gasteiger partial charge is 0.451 e. The molecule has 3 rings (SSSR count). The van der Waals surface area contributed by atoms with Gasteiger partial charge in [-0.15, -0.1) is 11.3 Å². The number of hydrogen-bond donors (Lipinski definition) is 1. The van der Waals surface area contributed by atoms with Crippen LogP contribution in [0.4, 0.5) is 5.69 Å². The van der Waals surface area contributed by atoms with Gasteiger partial charge in [0.15, 0.2) is 6.61 Å². The fraction of sp³-hybridized carbons (Fsp3) is 0.368. The zero-order valence-corrected chi connectivity index (χ0v) is 16.9. The number of thiophene rings is 1. The maximum atomic E-state index is 12.2. The topological polar surface area (TPSA) is 55.4 Å². The number of esters is 1. The summed E-state index contributed by atoms with van der Waals surface area (Å²) in [5, 5.41) is 3.31. The van der Waals surface area contributed by atoms with Crippen LogP contribution >= 0.6 is 34.5 Å². The number of fused-ring (bicyclic) bond motifs is 1. The van der Waals surface area contributed by atoms with Gasteiger partial charge in [0.25, 0.3) is 5.91 Å². The SMILES string of the molecule is Cc1ccc(Cl)c(NC(=O)COC(=O)c2cc3c(s2)CCC(C)C3)c1Cl. The van der Waals surface area contributed by atoms with Gasteiger partial charge in [0.1, 0.15) is 4.88 Å². The quantitative estimate of drug-likeness (QED) is 0.695. The van der Waals surface area contributed by atoms with E-state index in [9.17, 15) is 9.59 Å². The number of aryl methyl sites for hydroxylation is 2. The molecule has 0 fully saturated rings. The van der Waals surface area contributed by atoms with Crippen LogP contribution in [0.2, 0.25) is 10.0 Å². The van der Waals surface area contributed by atoms with Crippen molar-refractivity contribution in [1.29, 1.82) is 0 Å². The average Bonchev–Trinajstić information content (AvgIpc) is 3.03. The Bertz CT molecular complexity index is 863. The summed E-state index contributed by atoms with van der Waals surface area (Å²) in [6, 6.07) is 5.31. The molecule has 0 bridgehead atoms. The Labute approximate surface area is 166 Å². The number of amides is 1. The van der Waals surface area contributed by atoms with Crippen LogP contribution in [-0.2, 0) is 22.4 Å². The number of rotatable bonds is 4. The Kier molecular flexibility index (Phi) is 5.90. The molecule has 1 aliphatic rings. The Hall–Kier alpha value is -1.56. The van der Waals surface area contributed by atoms with E-state index in [-0.39, 0.29) is 0 Å². The molecule has 1 aromatic carbocycles. The predicted molar refractivity (Wildman–Crippen MR) is 106 cm³/mol. The second kappa shape index (κ2) is 7.99. The normalized spacial score (nSPS) is 16.1. The van der Waals surface area contributed by atoms with Gasteiger partial charge in [-0.1, -0.05) is 36.2 Å². The van der Waals surface area contributed by atoms with Crippen molar-refractivity contribution >= 4 is 52.1 Å². The lowest BCUT2D eigenvalue weighted by molar-refractivity contribution is -0.119. The van der Waals surface area contributed by atoms with E-state index in [0.29, 0.717) is 26.5 Å². The summed E-state index contributed by atoms with van der Waals surface area (Å²) in [4.78, 5) is 26.1. The van der Waals surface area contributed by atoms with Gasteiger partial charge in [-0.3, -0.25) is 4.79 Å². The minimum Gasteiger partial charge on any atom is -0.451 e. The number of hydrogen-bond acceptors (Lipinski definition) is 4. The fourth-order valence-electron chi connectivity index (χ4n) is 2.96. The number of nitrogens with one attached hydrogen (secondary N) is 1. The molecule has 1 N–H and O–H groups in total. The van der Waals surface area contributed by atoms with E-state index < -0.39 is 18.5 Å². The van der Waals surface area contributed by atoms with Crippen molar-refractivity contribution in [2.45, 2.75) is 33.1 Å². The lowest BCUT2D eigenvalue weighted by atomic mass is 9.90. The highest BCUT2D eigenvalue weighted by molar-refractivity contribution is 7.14. The molecule has 1 heterocycles. The van der Waals surface area contributed by atoms with E-state index in [0.717, 1.165) is 24.8 Å². The van der Waals surface area contributed by atoms with Crippen LogP contribution in [0.15, 0.2) is 18.2 Å². The molecule has 7 heteroatoms. The molecule has 0 aliphatic heterocycles. The van der Waals surface area contributed by atoms with Gasteiger partial charge in [0, 0.05) is 4.88 Å². The van der Waals surface area contributed by atoms with E-state index >= 15 is 0 Å². The van der Waals surface area contributed by atoms with Crippen molar-refractivity contribution in [2.24, 2.45) is 5.92 Å². The fourth-order valence-corrected chi connectivity index (χ4v) is 4.52. The molecule has 1 aromatic heterocycles. The Morgan fingerprint density at radius 1 is 1.35 bits per heavy atom. The summed E-state index contributed by atoms with van der Waals surface area (Å²) in [6.45, 7) is 3.64. The number of carbonyl (C=O) groups is 2. The maximum Gasteiger partial charge on any atom is 0.348 e. The molecule has 0 radical (unpaired) electrons. The highest BCUT2D eigenvalue weighted by Crippen LogP contribution is 2.33. The Morgan fingerprint density at radius 2 is 2.12 bits per heavy atom. The molecular formula is C19H19Cl2NO3S. The smallest absolute Gasteiger partial charge is 0.348 e. The molecule has 0 saturated carbocycles. The summed E-state index contributed by atoms with van der Waals surface area (Å²) >= 11 is 13.7. The summed E-state index contributed by atoms with van der Waals surface area (Å²) in [6.07, 6.45) is 3.13. The van der Waals surface area contributed by atoms with Crippen LogP contribution in [0.3, 0.4) is 0 Å². The van der Waals surface area contributed by atoms with Crippen molar-refractivity contribution in [3.05, 3.63) is 49.1 Å². The monoisotopic (exact) mass is 411 g/mol. The molecule has 26 heavy (non-hydrogen) atoms. The second-order valence-electron chi connectivity index (χ2n) is 6.58. The molecular weight excluding hydrogens is 393 g/mol. The van der Waals surface area contributed by atoms with Gasteiger partial charge in [-0.25, -0.2) is 4.79 Å². The third-order valence-corrected chi connectivity index (χ3v) is 6.43. The third kappa shape index (κ3) is 4.22. The summed E-state index contributed by atoms with van der Waals surface area (Å²) in [7, 11) is 0. The van der Waals surface area contributed by atoms with Crippen LogP contribution < -0.4 is 5.32 Å². The van der Waals surface area contributed by atoms with Gasteiger partial charge in [-0.05, 0) is 55.4 Å². The first-order chi connectivity index (χ1) is 12.3. The second-order valence-corrected chi connectivity index (χ2v) is 8.51. The molecule has 1 amide bonds. The minimum absolute atomic E-state index is 0.329. The number of anilines is 1. The Morgan fingerprint density at radius 3 is 2.88 bits per heavy atom. The number of ether oxygens (including phenoxy) is 1. The first kappa shape index (κ1) is 19.2. The minimum atomic E-state index is -0.484. The van der Waals surface area contributed by atoms with E-state index in [4.69, 9.17) is 27.9 Å².